The van der Waals surface area contributed by atoms with Crippen LogP contribution in [0.2, 0.25) is 0 Å². The fourth-order valence-corrected chi connectivity index (χ4v) is 7.27. The van der Waals surface area contributed by atoms with Gasteiger partial charge >= 0.3 is 0 Å². The summed E-state index contributed by atoms with van der Waals surface area (Å²) in [4.78, 5) is 30.4. The molecule has 11 nitrogen and oxygen atoms in total. The van der Waals surface area contributed by atoms with Crippen molar-refractivity contribution in [2.75, 3.05) is 26.7 Å². The number of fused-ring (bicyclic) bond motifs is 6. The average Bonchev–Trinajstić information content (AvgIpc) is 3.21. The number of piperazine rings is 1. The second-order valence-electron chi connectivity index (χ2n) is 10.5. The van der Waals surface area contributed by atoms with Crippen molar-refractivity contribution in [2.45, 2.75) is 63.9 Å². The van der Waals surface area contributed by atoms with Gasteiger partial charge in [0.2, 0.25) is 10.0 Å². The zero-order valence-corrected chi connectivity index (χ0v) is 23.3. The number of hydrazone groups is 1. The van der Waals surface area contributed by atoms with Gasteiger partial charge in [-0.15, -0.1) is 0 Å². The van der Waals surface area contributed by atoms with Crippen molar-refractivity contribution in [3.63, 3.8) is 0 Å². The van der Waals surface area contributed by atoms with Gasteiger partial charge in [0.1, 0.15) is 35.0 Å². The van der Waals surface area contributed by atoms with Crippen LogP contribution < -0.4 is 4.74 Å². The first-order valence-electron chi connectivity index (χ1n) is 13.3. The third kappa shape index (κ3) is 4.40. The van der Waals surface area contributed by atoms with Gasteiger partial charge in [-0.1, -0.05) is 6.07 Å². The Morgan fingerprint density at radius 1 is 1.21 bits per heavy atom. The van der Waals surface area contributed by atoms with Crippen LogP contribution in [0.5, 0.6) is 5.75 Å². The molecule has 4 atom stereocenters. The van der Waals surface area contributed by atoms with Crippen LogP contribution in [0, 0.1) is 11.7 Å². The van der Waals surface area contributed by atoms with E-state index in [4.69, 9.17) is 4.74 Å². The van der Waals surface area contributed by atoms with Crippen LogP contribution in [-0.2, 0) is 26.2 Å². The summed E-state index contributed by atoms with van der Waals surface area (Å²) < 4.78 is 48.4. The molecular formula is C26H34FN5O6S. The lowest BCUT2D eigenvalue weighted by molar-refractivity contribution is -0.139. The van der Waals surface area contributed by atoms with E-state index in [0.717, 1.165) is 9.31 Å². The molecule has 2 bridgehead atoms. The molecular weight excluding hydrogens is 529 g/mol. The molecule has 0 saturated carbocycles. The number of likely N-dealkylation sites (N-methyl/N-ethyl adjacent to an activating group) is 2. The minimum absolute atomic E-state index is 0.00364. The van der Waals surface area contributed by atoms with Crippen molar-refractivity contribution in [3.05, 3.63) is 41.0 Å². The van der Waals surface area contributed by atoms with Gasteiger partial charge in [-0.25, -0.2) is 17.8 Å². The maximum Gasteiger partial charge on any atom is 0.273 e. The fourth-order valence-electron chi connectivity index (χ4n) is 5.86. The number of halogens is 1. The van der Waals surface area contributed by atoms with Crippen molar-refractivity contribution in [1.82, 2.24) is 19.1 Å². The standard InChI is InChI=1S/C26H34FN5O6S/c1-5-30-13-15(2)32-21-20(23(33)22(32)26(30)35)25(34)31-14-17-9-10-18(27)12-19(17)38-11-7-6-8-16(3)39(36,37)29(4)24(21)28-31/h9-10,12,15-16,20-21,33H,5-8,11,13-14H2,1-4H3/t15-,16-,20?,21?/m0/s1. The molecule has 1 aromatic carbocycles. The van der Waals surface area contributed by atoms with Crippen molar-refractivity contribution in [3.8, 4) is 5.75 Å². The smallest absolute Gasteiger partial charge is 0.273 e. The highest BCUT2D eigenvalue weighted by Gasteiger charge is 2.58. The number of aliphatic hydroxyl groups excluding tert-OH is 1. The maximum atomic E-state index is 14.1. The number of ether oxygens (including phenoxy) is 1. The largest absolute Gasteiger partial charge is 0.509 e. The van der Waals surface area contributed by atoms with E-state index in [9.17, 15) is 27.5 Å². The highest BCUT2D eigenvalue weighted by molar-refractivity contribution is 7.90. The third-order valence-electron chi connectivity index (χ3n) is 8.07. The van der Waals surface area contributed by atoms with E-state index in [0.29, 0.717) is 37.9 Å². The lowest BCUT2D eigenvalue weighted by atomic mass is 9.95. The number of amidine groups is 1. The molecule has 1 fully saturated rings. The third-order valence-corrected chi connectivity index (χ3v) is 10.3. The first kappa shape index (κ1) is 27.2. The number of nitrogens with zero attached hydrogens (tertiary/aromatic N) is 5. The van der Waals surface area contributed by atoms with Gasteiger partial charge in [0.05, 0.1) is 18.4 Å². The van der Waals surface area contributed by atoms with Gasteiger partial charge < -0.3 is 19.6 Å². The molecule has 0 radical (unpaired) electrons. The number of sulfonamides is 1. The van der Waals surface area contributed by atoms with Crippen molar-refractivity contribution in [1.29, 1.82) is 0 Å². The zero-order chi connectivity index (χ0) is 28.2. The van der Waals surface area contributed by atoms with Crippen LogP contribution in [-0.4, -0.2) is 94.4 Å². The summed E-state index contributed by atoms with van der Waals surface area (Å²) in [5.74, 6) is -2.82. The van der Waals surface area contributed by atoms with Crippen LogP contribution >= 0.6 is 0 Å². The zero-order valence-electron chi connectivity index (χ0n) is 22.5. The second-order valence-corrected chi connectivity index (χ2v) is 12.9. The van der Waals surface area contributed by atoms with Gasteiger partial charge in [0, 0.05) is 37.8 Å². The number of rotatable bonds is 1. The molecule has 212 valence electrons. The first-order valence-corrected chi connectivity index (χ1v) is 14.8. The molecule has 2 amide bonds. The minimum atomic E-state index is -3.91. The maximum absolute atomic E-state index is 14.1. The summed E-state index contributed by atoms with van der Waals surface area (Å²) in [6, 6.07) is 2.70. The number of hydrogen-bond donors (Lipinski definition) is 1. The fraction of sp³-hybridized carbons (Fsp3) is 0.577. The number of benzene rings is 1. The molecule has 4 aliphatic rings. The Morgan fingerprint density at radius 3 is 2.67 bits per heavy atom. The van der Waals surface area contributed by atoms with E-state index < -0.39 is 50.6 Å². The summed E-state index contributed by atoms with van der Waals surface area (Å²) in [6.07, 6.45) is 1.49. The molecule has 1 aromatic rings. The second kappa shape index (κ2) is 10.00. The van der Waals surface area contributed by atoms with E-state index >= 15 is 0 Å². The highest BCUT2D eigenvalue weighted by Crippen LogP contribution is 2.43. The first-order chi connectivity index (χ1) is 18.5. The Morgan fingerprint density at radius 2 is 1.95 bits per heavy atom. The molecule has 2 unspecified atom stereocenters. The van der Waals surface area contributed by atoms with E-state index in [1.54, 1.807) is 16.7 Å². The molecule has 0 aliphatic carbocycles. The molecule has 4 heterocycles. The summed E-state index contributed by atoms with van der Waals surface area (Å²) in [7, 11) is -2.51. The predicted molar refractivity (Wildman–Crippen MR) is 140 cm³/mol. The lowest BCUT2D eigenvalue weighted by Gasteiger charge is -2.45. The number of hydrogen-bond acceptors (Lipinski definition) is 8. The van der Waals surface area contributed by atoms with Gasteiger partial charge in [-0.2, -0.15) is 5.10 Å². The van der Waals surface area contributed by atoms with E-state index in [1.165, 1.54) is 25.2 Å². The molecule has 0 aromatic heterocycles. The topological polar surface area (TPSA) is 123 Å². The number of amides is 2. The Kier molecular flexibility index (Phi) is 6.98. The molecule has 13 heteroatoms. The minimum Gasteiger partial charge on any atom is -0.509 e. The van der Waals surface area contributed by atoms with Crippen LogP contribution in [0.1, 0.15) is 45.6 Å². The van der Waals surface area contributed by atoms with Crippen LogP contribution in [0.25, 0.3) is 0 Å². The average molecular weight is 564 g/mol. The predicted octanol–water partition coefficient (Wildman–Crippen LogP) is 2.01. The quantitative estimate of drug-likeness (QED) is 0.555. The molecule has 1 saturated heterocycles. The van der Waals surface area contributed by atoms with Crippen molar-refractivity contribution in [2.24, 2.45) is 11.0 Å². The SMILES string of the molecule is CCN1C[C@H](C)N2C(=C(O)C3C(=O)N4Cc5ccc(F)cc5OCCCC[C@H](C)S(=O)(=O)N(C)C(=N4)C32)C1=O. The Bertz CT molecular complexity index is 1360. The van der Waals surface area contributed by atoms with Crippen LogP contribution in [0.3, 0.4) is 0 Å². The Balaban J connectivity index is 1.67. The molecule has 4 aliphatic heterocycles. The Labute approximate surface area is 227 Å². The van der Waals surface area contributed by atoms with Gasteiger partial charge in [-0.3, -0.25) is 13.9 Å². The van der Waals surface area contributed by atoms with Crippen molar-refractivity contribution >= 4 is 27.7 Å². The summed E-state index contributed by atoms with van der Waals surface area (Å²) in [5.41, 5.74) is 0.475. The Hall–Kier alpha value is -3.35. The summed E-state index contributed by atoms with van der Waals surface area (Å²) >= 11 is 0. The van der Waals surface area contributed by atoms with Gasteiger partial charge in [0.25, 0.3) is 11.8 Å². The molecule has 1 N–H and O–H groups in total. The molecule has 5 rings (SSSR count). The van der Waals surface area contributed by atoms with E-state index in [1.807, 2.05) is 13.8 Å². The monoisotopic (exact) mass is 563 g/mol. The number of carbonyl (C=O) groups excluding carboxylic acids is 2. The highest BCUT2D eigenvalue weighted by atomic mass is 32.2. The van der Waals surface area contributed by atoms with Crippen LogP contribution in [0.15, 0.2) is 34.8 Å². The van der Waals surface area contributed by atoms with Crippen LogP contribution in [0.4, 0.5) is 4.39 Å². The van der Waals surface area contributed by atoms with Crippen molar-refractivity contribution < 1.29 is 32.2 Å². The summed E-state index contributed by atoms with van der Waals surface area (Å²) in [6.45, 7) is 6.20. The van der Waals surface area contributed by atoms with E-state index in [2.05, 4.69) is 5.10 Å². The lowest BCUT2D eigenvalue weighted by Crippen LogP contribution is -2.62. The van der Waals surface area contributed by atoms with E-state index in [-0.39, 0.29) is 36.5 Å². The number of carbonyl (C=O) groups is 2. The molecule has 0 spiro atoms. The summed E-state index contributed by atoms with van der Waals surface area (Å²) in [5, 5.41) is 16.2. The normalized spacial score (nSPS) is 29.3. The van der Waals surface area contributed by atoms with Gasteiger partial charge in [-0.05, 0) is 46.1 Å². The number of aliphatic hydroxyl groups is 1. The van der Waals surface area contributed by atoms with Gasteiger partial charge in [0.15, 0.2) is 5.84 Å². The molecule has 39 heavy (non-hydrogen) atoms.